The number of carbonyl (C=O) groups excluding carboxylic acids is 1. The van der Waals surface area contributed by atoms with Gasteiger partial charge in [0.1, 0.15) is 0 Å². The van der Waals surface area contributed by atoms with E-state index in [0.29, 0.717) is 17.3 Å². The Hall–Kier alpha value is -0.620. The second-order valence-corrected chi connectivity index (χ2v) is 5.73. The van der Waals surface area contributed by atoms with Gasteiger partial charge in [-0.05, 0) is 47.6 Å². The number of carbonyl (C=O) groups is 1. The van der Waals surface area contributed by atoms with Crippen molar-refractivity contribution in [1.29, 1.82) is 0 Å². The molecule has 6 heteroatoms. The number of amides is 1. The second-order valence-electron chi connectivity index (χ2n) is 4.53. The Morgan fingerprint density at radius 1 is 1.42 bits per heavy atom. The third-order valence-corrected chi connectivity index (χ3v) is 4.42. The van der Waals surface area contributed by atoms with Crippen molar-refractivity contribution in [2.45, 2.75) is 6.42 Å². The average Bonchev–Trinajstić information content (AvgIpc) is 2.63. The topological polar surface area (TPSA) is 44.4 Å². The minimum Gasteiger partial charge on any atom is -0.324 e. The zero-order valence-corrected chi connectivity index (χ0v) is 12.9. The molecule has 1 aromatic rings. The van der Waals surface area contributed by atoms with Crippen LogP contribution in [0.5, 0.6) is 0 Å². The van der Waals surface area contributed by atoms with Crippen molar-refractivity contribution >= 4 is 39.1 Å². The fourth-order valence-electron chi connectivity index (χ4n) is 2.05. The number of nitrogens with zero attached hydrogens (tertiary/aromatic N) is 1. The van der Waals surface area contributed by atoms with E-state index in [9.17, 15) is 4.79 Å². The summed E-state index contributed by atoms with van der Waals surface area (Å²) in [7, 11) is 0. The predicted octanol–water partition coefficient (Wildman–Crippen LogP) is 2.34. The lowest BCUT2D eigenvalue weighted by molar-refractivity contribution is -0.117. The van der Waals surface area contributed by atoms with Gasteiger partial charge in [0.15, 0.2) is 0 Å². The van der Waals surface area contributed by atoms with Gasteiger partial charge in [0.05, 0.1) is 21.7 Å². The van der Waals surface area contributed by atoms with Crippen molar-refractivity contribution in [2.24, 2.45) is 0 Å². The average molecular weight is 347 g/mol. The monoisotopic (exact) mass is 345 g/mol. The molecule has 1 saturated heterocycles. The summed E-state index contributed by atoms with van der Waals surface area (Å²) < 4.78 is 0.725. The molecule has 4 nitrogen and oxygen atoms in total. The predicted molar refractivity (Wildman–Crippen MR) is 81.7 cm³/mol. The van der Waals surface area contributed by atoms with Crippen LogP contribution in [0.1, 0.15) is 6.42 Å². The molecule has 0 bridgehead atoms. The van der Waals surface area contributed by atoms with Crippen molar-refractivity contribution in [2.75, 3.05) is 38.0 Å². The van der Waals surface area contributed by atoms with E-state index in [2.05, 4.69) is 31.5 Å². The highest BCUT2D eigenvalue weighted by Gasteiger charge is 2.14. The molecule has 1 heterocycles. The molecule has 1 aromatic carbocycles. The lowest BCUT2D eigenvalue weighted by Crippen LogP contribution is -2.35. The first kappa shape index (κ1) is 14.8. The molecule has 0 saturated carbocycles. The van der Waals surface area contributed by atoms with E-state index in [1.807, 2.05) is 12.1 Å². The summed E-state index contributed by atoms with van der Waals surface area (Å²) in [6.07, 6.45) is 1.08. The molecule has 1 fully saturated rings. The molecule has 0 spiro atoms. The van der Waals surface area contributed by atoms with Gasteiger partial charge in [-0.1, -0.05) is 17.7 Å². The van der Waals surface area contributed by atoms with Crippen LogP contribution in [0, 0.1) is 0 Å². The van der Waals surface area contributed by atoms with E-state index in [1.54, 1.807) is 6.07 Å². The minimum atomic E-state index is -0.00938. The lowest BCUT2D eigenvalue weighted by atomic mass is 10.3. The number of nitrogens with one attached hydrogen (secondary N) is 2. The molecule has 0 unspecified atom stereocenters. The van der Waals surface area contributed by atoms with Crippen LogP contribution in [0.2, 0.25) is 5.02 Å². The van der Waals surface area contributed by atoms with E-state index in [1.165, 1.54) is 0 Å². The van der Waals surface area contributed by atoms with Crippen LogP contribution in [-0.4, -0.2) is 43.5 Å². The van der Waals surface area contributed by atoms with Crippen molar-refractivity contribution in [1.82, 2.24) is 10.2 Å². The molecule has 0 aliphatic carbocycles. The first-order chi connectivity index (χ1) is 9.16. The number of benzene rings is 1. The van der Waals surface area contributed by atoms with Gasteiger partial charge < -0.3 is 10.6 Å². The zero-order chi connectivity index (χ0) is 13.7. The molecular formula is C13H17BrClN3O. The summed E-state index contributed by atoms with van der Waals surface area (Å²) in [6, 6.07) is 5.43. The number of anilines is 1. The van der Waals surface area contributed by atoms with E-state index >= 15 is 0 Å². The van der Waals surface area contributed by atoms with Crippen LogP contribution in [0.15, 0.2) is 22.7 Å². The third-order valence-electron chi connectivity index (χ3n) is 3.03. The van der Waals surface area contributed by atoms with Crippen molar-refractivity contribution in [3.63, 3.8) is 0 Å². The maximum absolute atomic E-state index is 12.0. The van der Waals surface area contributed by atoms with Crippen LogP contribution < -0.4 is 10.6 Å². The van der Waals surface area contributed by atoms with Crippen LogP contribution in [-0.2, 0) is 4.79 Å². The molecule has 0 aromatic heterocycles. The number of hydrogen-bond donors (Lipinski definition) is 2. The SMILES string of the molecule is O=C(CN1CCCNCC1)Nc1cccc(Cl)c1Br. The fourth-order valence-corrected chi connectivity index (χ4v) is 2.59. The molecule has 104 valence electrons. The second kappa shape index (κ2) is 7.24. The number of hydrogen-bond acceptors (Lipinski definition) is 3. The van der Waals surface area contributed by atoms with Crippen LogP contribution in [0.3, 0.4) is 0 Å². The Morgan fingerprint density at radius 3 is 3.11 bits per heavy atom. The molecule has 0 atom stereocenters. The normalized spacial score (nSPS) is 16.9. The van der Waals surface area contributed by atoms with Crippen molar-refractivity contribution in [3.05, 3.63) is 27.7 Å². The Kier molecular flexibility index (Phi) is 5.63. The highest BCUT2D eigenvalue weighted by molar-refractivity contribution is 9.10. The quantitative estimate of drug-likeness (QED) is 0.883. The Labute approximate surface area is 126 Å². The van der Waals surface area contributed by atoms with Gasteiger partial charge in [-0.2, -0.15) is 0 Å². The van der Waals surface area contributed by atoms with Crippen LogP contribution >= 0.6 is 27.5 Å². The lowest BCUT2D eigenvalue weighted by Gasteiger charge is -2.19. The molecule has 0 radical (unpaired) electrons. The Bertz CT molecular complexity index is 448. The van der Waals surface area contributed by atoms with Gasteiger partial charge in [0.25, 0.3) is 0 Å². The maximum atomic E-state index is 12.0. The molecular weight excluding hydrogens is 330 g/mol. The third kappa shape index (κ3) is 4.45. The van der Waals surface area contributed by atoms with Gasteiger partial charge in [-0.3, -0.25) is 9.69 Å². The molecule has 19 heavy (non-hydrogen) atoms. The first-order valence-electron chi connectivity index (χ1n) is 6.34. The molecule has 1 aliphatic heterocycles. The zero-order valence-electron chi connectivity index (χ0n) is 10.6. The van der Waals surface area contributed by atoms with Gasteiger partial charge in [0.2, 0.25) is 5.91 Å². The smallest absolute Gasteiger partial charge is 0.238 e. The van der Waals surface area contributed by atoms with Crippen molar-refractivity contribution < 1.29 is 4.79 Å². The fraction of sp³-hybridized carbons (Fsp3) is 0.462. The largest absolute Gasteiger partial charge is 0.324 e. The number of halogens is 2. The van der Waals surface area contributed by atoms with Gasteiger partial charge in [-0.15, -0.1) is 0 Å². The van der Waals surface area contributed by atoms with Gasteiger partial charge in [-0.25, -0.2) is 0 Å². The summed E-state index contributed by atoms with van der Waals surface area (Å²) in [5.74, 6) is -0.00938. The highest BCUT2D eigenvalue weighted by Crippen LogP contribution is 2.29. The minimum absolute atomic E-state index is 0.00938. The number of rotatable bonds is 3. The Balaban J connectivity index is 1.91. The molecule has 2 N–H and O–H groups in total. The van der Waals surface area contributed by atoms with E-state index < -0.39 is 0 Å². The maximum Gasteiger partial charge on any atom is 0.238 e. The molecule has 1 amide bonds. The summed E-state index contributed by atoms with van der Waals surface area (Å²) in [5.41, 5.74) is 0.713. The van der Waals surface area contributed by atoms with E-state index in [-0.39, 0.29) is 5.91 Å². The van der Waals surface area contributed by atoms with Gasteiger partial charge >= 0.3 is 0 Å². The Morgan fingerprint density at radius 2 is 2.26 bits per heavy atom. The first-order valence-corrected chi connectivity index (χ1v) is 7.51. The van der Waals surface area contributed by atoms with Crippen LogP contribution in [0.25, 0.3) is 0 Å². The summed E-state index contributed by atoms with van der Waals surface area (Å²) in [6.45, 7) is 4.24. The summed E-state index contributed by atoms with van der Waals surface area (Å²) >= 11 is 9.37. The molecule has 1 aliphatic rings. The van der Waals surface area contributed by atoms with Crippen molar-refractivity contribution in [3.8, 4) is 0 Å². The molecule has 2 rings (SSSR count). The van der Waals surface area contributed by atoms with Gasteiger partial charge in [0, 0.05) is 13.1 Å². The van der Waals surface area contributed by atoms with Crippen LogP contribution in [0.4, 0.5) is 5.69 Å². The highest BCUT2D eigenvalue weighted by atomic mass is 79.9. The van der Waals surface area contributed by atoms with E-state index in [4.69, 9.17) is 11.6 Å². The summed E-state index contributed by atoms with van der Waals surface area (Å²) in [4.78, 5) is 14.2. The standard InChI is InChI=1S/C13H17BrClN3O/c14-13-10(15)3-1-4-11(13)17-12(19)9-18-7-2-5-16-6-8-18/h1,3-4,16H,2,5-9H2,(H,17,19). The summed E-state index contributed by atoms with van der Waals surface area (Å²) in [5, 5.41) is 6.80. The van der Waals surface area contributed by atoms with E-state index in [0.717, 1.165) is 37.1 Å².